The smallest absolute Gasteiger partial charge is 0.209 e. The van der Waals surface area contributed by atoms with Crippen LogP contribution in [-0.4, -0.2) is 26.0 Å². The zero-order valence-electron chi connectivity index (χ0n) is 8.95. The van der Waals surface area contributed by atoms with Gasteiger partial charge in [0.2, 0.25) is 5.16 Å². The Morgan fingerprint density at radius 1 is 1.31 bits per heavy atom. The average molecular weight is 232 g/mol. The van der Waals surface area contributed by atoms with Crippen LogP contribution in [0.4, 0.5) is 0 Å². The first-order chi connectivity index (χ1) is 7.86. The lowest BCUT2D eigenvalue weighted by atomic mass is 10.2. The van der Waals surface area contributed by atoms with E-state index in [1.165, 1.54) is 5.56 Å². The zero-order valence-corrected chi connectivity index (χ0v) is 9.76. The van der Waals surface area contributed by atoms with E-state index in [0.29, 0.717) is 0 Å². The molecule has 1 heterocycles. The Bertz CT molecular complexity index is 464. The molecule has 0 spiro atoms. The molecule has 4 nitrogen and oxygen atoms in total. The molecule has 1 aromatic carbocycles. The van der Waals surface area contributed by atoms with Crippen molar-refractivity contribution in [2.75, 3.05) is 5.75 Å². The van der Waals surface area contributed by atoms with E-state index in [0.717, 1.165) is 10.9 Å². The van der Waals surface area contributed by atoms with Gasteiger partial charge in [0.1, 0.15) is 0 Å². The summed E-state index contributed by atoms with van der Waals surface area (Å²) in [6.45, 7) is 0. The van der Waals surface area contributed by atoms with Gasteiger partial charge in [-0.25, -0.2) is 4.68 Å². The van der Waals surface area contributed by atoms with Crippen molar-refractivity contribution in [1.29, 1.82) is 0 Å². The molecule has 0 unspecified atom stereocenters. The van der Waals surface area contributed by atoms with Crippen molar-refractivity contribution < 1.29 is 0 Å². The van der Waals surface area contributed by atoms with Crippen LogP contribution >= 0.6 is 11.8 Å². The summed E-state index contributed by atoms with van der Waals surface area (Å²) >= 11 is 1.61. The van der Waals surface area contributed by atoms with E-state index >= 15 is 0 Å². The Hall–Kier alpha value is -1.62. The van der Waals surface area contributed by atoms with Crippen molar-refractivity contribution in [3.05, 3.63) is 42.0 Å². The van der Waals surface area contributed by atoms with Crippen LogP contribution in [0, 0.1) is 0 Å². The van der Waals surface area contributed by atoms with E-state index in [4.69, 9.17) is 0 Å². The Balaban J connectivity index is 1.85. The van der Waals surface area contributed by atoms with Gasteiger partial charge < -0.3 is 0 Å². The molecule has 0 saturated heterocycles. The maximum absolute atomic E-state index is 3.89. The topological polar surface area (TPSA) is 43.6 Å². The van der Waals surface area contributed by atoms with Gasteiger partial charge in [0.15, 0.2) is 0 Å². The van der Waals surface area contributed by atoms with Crippen molar-refractivity contribution in [1.82, 2.24) is 20.2 Å². The Morgan fingerprint density at radius 3 is 2.81 bits per heavy atom. The second-order valence-corrected chi connectivity index (χ2v) is 4.20. The highest BCUT2D eigenvalue weighted by molar-refractivity contribution is 7.99. The van der Waals surface area contributed by atoms with E-state index in [1.807, 2.05) is 25.2 Å². The van der Waals surface area contributed by atoms with Gasteiger partial charge in [-0.3, -0.25) is 0 Å². The highest BCUT2D eigenvalue weighted by atomic mass is 32.2. The molecular weight excluding hydrogens is 220 g/mol. The molecule has 0 saturated carbocycles. The van der Waals surface area contributed by atoms with Gasteiger partial charge in [-0.15, -0.1) is 5.10 Å². The van der Waals surface area contributed by atoms with Gasteiger partial charge in [0.05, 0.1) is 0 Å². The molecule has 0 aliphatic heterocycles. The molecule has 2 aromatic rings. The number of aryl methyl sites for hydroxylation is 1. The minimum Gasteiger partial charge on any atom is -0.224 e. The quantitative estimate of drug-likeness (QED) is 0.756. The minimum atomic E-state index is 0.831. The number of tetrazole rings is 1. The predicted octanol–water partition coefficient (Wildman–Crippen LogP) is 2.02. The van der Waals surface area contributed by atoms with E-state index in [-0.39, 0.29) is 0 Å². The molecule has 2 rings (SSSR count). The molecule has 5 heteroatoms. The lowest BCUT2D eigenvalue weighted by Crippen LogP contribution is -1.92. The van der Waals surface area contributed by atoms with E-state index in [2.05, 4.69) is 39.8 Å². The molecule has 0 atom stereocenters. The van der Waals surface area contributed by atoms with Crippen LogP contribution in [0.2, 0.25) is 0 Å². The molecule has 0 fully saturated rings. The summed E-state index contributed by atoms with van der Waals surface area (Å²) in [5.74, 6) is 0.864. The maximum atomic E-state index is 3.89. The number of hydrogen-bond donors (Lipinski definition) is 0. The van der Waals surface area contributed by atoms with Gasteiger partial charge in [-0.1, -0.05) is 54.2 Å². The number of nitrogens with zero attached hydrogens (tertiary/aromatic N) is 4. The maximum Gasteiger partial charge on any atom is 0.209 e. The van der Waals surface area contributed by atoms with Crippen LogP contribution in [0.15, 0.2) is 41.6 Å². The number of benzene rings is 1. The van der Waals surface area contributed by atoms with E-state index in [1.54, 1.807) is 16.4 Å². The average Bonchev–Trinajstić information content (AvgIpc) is 2.72. The van der Waals surface area contributed by atoms with Crippen molar-refractivity contribution in [2.45, 2.75) is 5.16 Å². The fourth-order valence-electron chi connectivity index (χ4n) is 1.21. The van der Waals surface area contributed by atoms with Crippen molar-refractivity contribution in [3.8, 4) is 0 Å². The first-order valence-corrected chi connectivity index (χ1v) is 5.91. The standard InChI is InChI=1S/C11H12N4S/c1-15-11(12-13-14-15)16-9-5-8-10-6-3-2-4-7-10/h2-8H,9H2,1H3/b8-5-. The fraction of sp³-hybridized carbons (Fsp3) is 0.182. The number of aromatic nitrogens is 4. The molecule has 0 radical (unpaired) electrons. The summed E-state index contributed by atoms with van der Waals surface area (Å²) in [6, 6.07) is 10.2. The summed E-state index contributed by atoms with van der Waals surface area (Å²) in [6.07, 6.45) is 4.20. The van der Waals surface area contributed by atoms with Gasteiger partial charge in [-0.2, -0.15) is 0 Å². The summed E-state index contributed by atoms with van der Waals surface area (Å²) in [5, 5.41) is 12.1. The van der Waals surface area contributed by atoms with Gasteiger partial charge in [0, 0.05) is 12.8 Å². The largest absolute Gasteiger partial charge is 0.224 e. The van der Waals surface area contributed by atoms with Crippen molar-refractivity contribution >= 4 is 17.8 Å². The first kappa shape index (κ1) is 10.9. The highest BCUT2D eigenvalue weighted by Gasteiger charge is 1.99. The molecule has 0 amide bonds. The number of hydrogen-bond acceptors (Lipinski definition) is 4. The van der Waals surface area contributed by atoms with Gasteiger partial charge >= 0.3 is 0 Å². The fourth-order valence-corrected chi connectivity index (χ4v) is 1.87. The molecule has 0 bridgehead atoms. The van der Waals surface area contributed by atoms with E-state index < -0.39 is 0 Å². The molecule has 0 aliphatic carbocycles. The van der Waals surface area contributed by atoms with Gasteiger partial charge in [0.25, 0.3) is 0 Å². The van der Waals surface area contributed by atoms with Crippen LogP contribution in [0.5, 0.6) is 0 Å². The summed E-state index contributed by atoms with van der Waals surface area (Å²) in [4.78, 5) is 0. The first-order valence-electron chi connectivity index (χ1n) is 4.93. The van der Waals surface area contributed by atoms with Crippen LogP contribution < -0.4 is 0 Å². The van der Waals surface area contributed by atoms with E-state index in [9.17, 15) is 0 Å². The molecule has 82 valence electrons. The Labute approximate surface area is 98.4 Å². The second-order valence-electron chi connectivity index (χ2n) is 3.21. The lowest BCUT2D eigenvalue weighted by molar-refractivity contribution is 0.665. The monoisotopic (exact) mass is 232 g/mol. The summed E-state index contributed by atoms with van der Waals surface area (Å²) in [7, 11) is 1.84. The third-order valence-electron chi connectivity index (χ3n) is 2.00. The SMILES string of the molecule is Cn1nnnc1SC/C=C\c1ccccc1. The van der Waals surface area contributed by atoms with Crippen LogP contribution in [-0.2, 0) is 7.05 Å². The predicted molar refractivity (Wildman–Crippen MR) is 65.0 cm³/mol. The molecule has 0 N–H and O–H groups in total. The highest BCUT2D eigenvalue weighted by Crippen LogP contribution is 2.12. The van der Waals surface area contributed by atoms with Crippen molar-refractivity contribution in [2.24, 2.45) is 7.05 Å². The summed E-state index contributed by atoms with van der Waals surface area (Å²) < 4.78 is 1.67. The van der Waals surface area contributed by atoms with Crippen LogP contribution in [0.1, 0.15) is 5.56 Å². The van der Waals surface area contributed by atoms with Gasteiger partial charge in [-0.05, 0) is 16.0 Å². The third kappa shape index (κ3) is 2.93. The van der Waals surface area contributed by atoms with Crippen LogP contribution in [0.25, 0.3) is 6.08 Å². The zero-order chi connectivity index (χ0) is 11.2. The number of rotatable bonds is 4. The Kier molecular flexibility index (Phi) is 3.71. The molecule has 16 heavy (non-hydrogen) atoms. The normalized spacial score (nSPS) is 11.1. The third-order valence-corrected chi connectivity index (χ3v) is 2.96. The molecule has 0 aliphatic rings. The Morgan fingerprint density at radius 2 is 2.12 bits per heavy atom. The molecular formula is C11H12N4S. The lowest BCUT2D eigenvalue weighted by Gasteiger charge is -1.94. The minimum absolute atomic E-state index is 0.831. The second kappa shape index (κ2) is 5.46. The van der Waals surface area contributed by atoms with Crippen LogP contribution in [0.3, 0.4) is 0 Å². The number of thioether (sulfide) groups is 1. The van der Waals surface area contributed by atoms with Crippen molar-refractivity contribution in [3.63, 3.8) is 0 Å². The summed E-state index contributed by atoms with van der Waals surface area (Å²) in [5.41, 5.74) is 1.21. The molecule has 1 aromatic heterocycles.